The van der Waals surface area contributed by atoms with Crippen molar-refractivity contribution in [3.8, 4) is 0 Å². The van der Waals surface area contributed by atoms with Crippen LogP contribution in [0.15, 0.2) is 4.99 Å². The summed E-state index contributed by atoms with van der Waals surface area (Å²) in [6.07, 6.45) is 2.33. The van der Waals surface area contributed by atoms with Gasteiger partial charge in [0, 0.05) is 26.2 Å². The molecule has 0 aromatic heterocycles. The quantitative estimate of drug-likeness (QED) is 0.284. The molecule has 4 nitrogen and oxygen atoms in total. The van der Waals surface area contributed by atoms with E-state index in [0.29, 0.717) is 5.92 Å². The summed E-state index contributed by atoms with van der Waals surface area (Å²) in [7, 11) is 0. The fourth-order valence-electron chi connectivity index (χ4n) is 1.21. The first-order chi connectivity index (χ1) is 8.20. The molecule has 0 aliphatic heterocycles. The molecule has 0 aromatic carbocycles. The van der Waals surface area contributed by atoms with Gasteiger partial charge in [-0.05, 0) is 19.3 Å². The highest BCUT2D eigenvalue weighted by Gasteiger charge is 1.97. The van der Waals surface area contributed by atoms with Crippen LogP contribution in [0.3, 0.4) is 0 Å². The first kappa shape index (κ1) is 20.3. The Morgan fingerprint density at radius 2 is 1.89 bits per heavy atom. The van der Waals surface area contributed by atoms with E-state index in [1.54, 1.807) is 0 Å². The minimum absolute atomic E-state index is 0. The summed E-state index contributed by atoms with van der Waals surface area (Å²) in [5.74, 6) is 1.48. The highest BCUT2D eigenvalue weighted by molar-refractivity contribution is 14.0. The molecule has 2 N–H and O–H groups in total. The van der Waals surface area contributed by atoms with Gasteiger partial charge in [-0.3, -0.25) is 4.99 Å². The average Bonchev–Trinajstić information content (AvgIpc) is 2.30. The van der Waals surface area contributed by atoms with E-state index < -0.39 is 0 Å². The molecule has 0 heterocycles. The van der Waals surface area contributed by atoms with E-state index in [-0.39, 0.29) is 24.0 Å². The highest BCUT2D eigenvalue weighted by Crippen LogP contribution is 1.91. The molecule has 0 rings (SSSR count). The Morgan fingerprint density at radius 3 is 2.44 bits per heavy atom. The van der Waals surface area contributed by atoms with E-state index in [1.807, 2.05) is 0 Å². The third-order valence-electron chi connectivity index (χ3n) is 2.14. The number of ether oxygens (including phenoxy) is 1. The van der Waals surface area contributed by atoms with Crippen molar-refractivity contribution in [2.24, 2.45) is 10.9 Å². The van der Waals surface area contributed by atoms with Crippen LogP contribution in [0, 0.1) is 5.92 Å². The summed E-state index contributed by atoms with van der Waals surface area (Å²) >= 11 is 0. The molecule has 0 aromatic rings. The predicted octanol–water partition coefficient (Wildman–Crippen LogP) is 2.63. The average molecular weight is 371 g/mol. The Morgan fingerprint density at radius 1 is 1.17 bits per heavy atom. The molecule has 0 saturated heterocycles. The van der Waals surface area contributed by atoms with Crippen LogP contribution >= 0.6 is 24.0 Å². The molecule has 18 heavy (non-hydrogen) atoms. The van der Waals surface area contributed by atoms with E-state index in [0.717, 1.165) is 45.2 Å². The van der Waals surface area contributed by atoms with Crippen molar-refractivity contribution in [2.45, 2.75) is 40.5 Å². The topological polar surface area (TPSA) is 45.6 Å². The fraction of sp³-hybridized carbons (Fsp3) is 0.923. The van der Waals surface area contributed by atoms with Crippen molar-refractivity contribution < 1.29 is 4.74 Å². The monoisotopic (exact) mass is 371 g/mol. The molecule has 0 bridgehead atoms. The van der Waals surface area contributed by atoms with Gasteiger partial charge in [0.05, 0.1) is 6.61 Å². The standard InChI is InChI=1S/C13H29N3O.HI/c1-5-7-9-17-10-8-15-13(14-6-2)16-11-12(3)4;/h12H,5-11H2,1-4H3,(H2,14,15,16);1H. The summed E-state index contributed by atoms with van der Waals surface area (Å²) in [6, 6.07) is 0. The number of halogens is 1. The summed E-state index contributed by atoms with van der Waals surface area (Å²) in [5, 5.41) is 6.49. The predicted molar refractivity (Wildman–Crippen MR) is 90.0 cm³/mol. The fourth-order valence-corrected chi connectivity index (χ4v) is 1.21. The number of guanidine groups is 1. The van der Waals surface area contributed by atoms with Gasteiger partial charge < -0.3 is 15.4 Å². The van der Waals surface area contributed by atoms with E-state index in [1.165, 1.54) is 6.42 Å². The summed E-state index contributed by atoms with van der Waals surface area (Å²) in [6.45, 7) is 12.7. The molecule has 0 saturated carbocycles. The smallest absolute Gasteiger partial charge is 0.191 e. The van der Waals surface area contributed by atoms with E-state index in [2.05, 4.69) is 43.3 Å². The number of rotatable bonds is 9. The maximum Gasteiger partial charge on any atom is 0.191 e. The molecule has 0 amide bonds. The molecule has 0 fully saturated rings. The molecular weight excluding hydrogens is 341 g/mol. The maximum absolute atomic E-state index is 5.48. The molecule has 0 aliphatic carbocycles. The number of nitrogens with one attached hydrogen (secondary N) is 2. The lowest BCUT2D eigenvalue weighted by Gasteiger charge is -2.12. The van der Waals surface area contributed by atoms with Crippen molar-refractivity contribution in [1.29, 1.82) is 0 Å². The van der Waals surface area contributed by atoms with Gasteiger partial charge in [-0.25, -0.2) is 0 Å². The highest BCUT2D eigenvalue weighted by atomic mass is 127. The molecule has 0 atom stereocenters. The zero-order valence-electron chi connectivity index (χ0n) is 12.3. The zero-order valence-corrected chi connectivity index (χ0v) is 14.6. The van der Waals surface area contributed by atoms with Crippen LogP contribution in [0.5, 0.6) is 0 Å². The lowest BCUT2D eigenvalue weighted by atomic mass is 10.2. The number of aliphatic imine (C=N–C) groups is 1. The normalized spacial score (nSPS) is 11.3. The lowest BCUT2D eigenvalue weighted by Crippen LogP contribution is -2.39. The number of unbranched alkanes of at least 4 members (excludes halogenated alkanes) is 1. The second-order valence-corrected chi connectivity index (χ2v) is 4.51. The van der Waals surface area contributed by atoms with Gasteiger partial charge in [0.2, 0.25) is 0 Å². The van der Waals surface area contributed by atoms with Crippen LogP contribution in [-0.4, -0.2) is 38.8 Å². The Bertz CT molecular complexity index is 199. The number of hydrogen-bond acceptors (Lipinski definition) is 2. The summed E-state index contributed by atoms with van der Waals surface area (Å²) < 4.78 is 5.48. The van der Waals surface area contributed by atoms with Crippen molar-refractivity contribution in [2.75, 3.05) is 32.8 Å². The molecule has 0 unspecified atom stereocenters. The van der Waals surface area contributed by atoms with Gasteiger partial charge >= 0.3 is 0 Å². The van der Waals surface area contributed by atoms with Crippen LogP contribution in [0.4, 0.5) is 0 Å². The first-order valence-corrected chi connectivity index (χ1v) is 6.80. The maximum atomic E-state index is 5.48. The molecular formula is C13H30IN3O. The van der Waals surface area contributed by atoms with Gasteiger partial charge in [0.15, 0.2) is 5.96 Å². The lowest BCUT2D eigenvalue weighted by molar-refractivity contribution is 0.136. The summed E-state index contributed by atoms with van der Waals surface area (Å²) in [5.41, 5.74) is 0. The van der Waals surface area contributed by atoms with E-state index in [4.69, 9.17) is 4.74 Å². The molecule has 5 heteroatoms. The van der Waals surface area contributed by atoms with Gasteiger partial charge in [0.1, 0.15) is 0 Å². The minimum Gasteiger partial charge on any atom is -0.380 e. The second-order valence-electron chi connectivity index (χ2n) is 4.51. The van der Waals surface area contributed by atoms with Crippen LogP contribution in [0.1, 0.15) is 40.5 Å². The Balaban J connectivity index is 0. The number of nitrogens with zero attached hydrogens (tertiary/aromatic N) is 1. The Hall–Kier alpha value is -0.0400. The Labute approximate surface area is 129 Å². The van der Waals surface area contributed by atoms with Crippen molar-refractivity contribution in [3.05, 3.63) is 0 Å². The van der Waals surface area contributed by atoms with E-state index >= 15 is 0 Å². The third kappa shape index (κ3) is 14.0. The second kappa shape index (κ2) is 15.0. The van der Waals surface area contributed by atoms with E-state index in [9.17, 15) is 0 Å². The van der Waals surface area contributed by atoms with Crippen LogP contribution < -0.4 is 10.6 Å². The largest absolute Gasteiger partial charge is 0.380 e. The molecule has 0 spiro atoms. The summed E-state index contributed by atoms with van der Waals surface area (Å²) in [4.78, 5) is 4.49. The van der Waals surface area contributed by atoms with Crippen LogP contribution in [0.25, 0.3) is 0 Å². The van der Waals surface area contributed by atoms with Gasteiger partial charge in [-0.2, -0.15) is 0 Å². The molecule has 110 valence electrons. The van der Waals surface area contributed by atoms with Crippen molar-refractivity contribution >= 4 is 29.9 Å². The first-order valence-electron chi connectivity index (χ1n) is 6.80. The molecule has 0 radical (unpaired) electrons. The number of hydrogen-bond donors (Lipinski definition) is 2. The van der Waals surface area contributed by atoms with Gasteiger partial charge in [-0.1, -0.05) is 27.2 Å². The van der Waals surface area contributed by atoms with Crippen molar-refractivity contribution in [1.82, 2.24) is 10.6 Å². The minimum atomic E-state index is 0. The zero-order chi connectivity index (χ0) is 12.9. The van der Waals surface area contributed by atoms with Gasteiger partial charge in [-0.15, -0.1) is 24.0 Å². The van der Waals surface area contributed by atoms with Crippen molar-refractivity contribution in [3.63, 3.8) is 0 Å². The van der Waals surface area contributed by atoms with Gasteiger partial charge in [0.25, 0.3) is 0 Å². The third-order valence-corrected chi connectivity index (χ3v) is 2.14. The SMILES string of the molecule is CCCCOCCNC(=NCC(C)C)NCC.I. The van der Waals surface area contributed by atoms with Crippen LogP contribution in [0.2, 0.25) is 0 Å². The Kier molecular flexibility index (Phi) is 16.9. The van der Waals surface area contributed by atoms with Crippen LogP contribution in [-0.2, 0) is 4.74 Å². The molecule has 0 aliphatic rings.